The average molecular weight is 1280 g/mol. The molecule has 100 heavy (non-hydrogen) atoms. The van der Waals surface area contributed by atoms with Gasteiger partial charge in [-0.2, -0.15) is 0 Å². The number of nitrogens with zero attached hydrogens (tertiary/aromatic N) is 4. The number of fused-ring (bicyclic) bond motifs is 3. The van der Waals surface area contributed by atoms with Crippen molar-refractivity contribution in [2.45, 2.75) is 0 Å². The minimum absolute atomic E-state index is 1.07. The maximum atomic E-state index is 2.39. The topological polar surface area (TPSA) is 13.0 Å². The van der Waals surface area contributed by atoms with Crippen LogP contribution in [0.5, 0.6) is 0 Å². The van der Waals surface area contributed by atoms with Crippen LogP contribution in [0.1, 0.15) is 0 Å². The first-order chi connectivity index (χ1) is 49.6. The van der Waals surface area contributed by atoms with E-state index in [9.17, 15) is 0 Å². The van der Waals surface area contributed by atoms with E-state index in [0.717, 1.165) is 113 Å². The summed E-state index contributed by atoms with van der Waals surface area (Å²) in [7, 11) is 0. The van der Waals surface area contributed by atoms with E-state index in [-0.39, 0.29) is 0 Å². The second-order valence-corrected chi connectivity index (χ2v) is 25.3. The van der Waals surface area contributed by atoms with E-state index >= 15 is 0 Å². The van der Waals surface area contributed by atoms with Crippen molar-refractivity contribution in [1.29, 1.82) is 0 Å². The minimum Gasteiger partial charge on any atom is -0.311 e. The Labute approximate surface area is 584 Å². The van der Waals surface area contributed by atoms with Gasteiger partial charge < -0.3 is 19.6 Å². The normalized spacial score (nSPS) is 11.2. The molecule has 0 radical (unpaired) electrons. The summed E-state index contributed by atoms with van der Waals surface area (Å²) in [6.45, 7) is 0. The van der Waals surface area contributed by atoms with Gasteiger partial charge in [0.25, 0.3) is 0 Å². The van der Waals surface area contributed by atoms with Gasteiger partial charge in [0.2, 0.25) is 0 Å². The van der Waals surface area contributed by atoms with Crippen molar-refractivity contribution in [2.75, 3.05) is 19.6 Å². The van der Waals surface area contributed by atoms with Crippen LogP contribution in [-0.2, 0) is 0 Å². The Bertz CT molecular complexity index is 5650. The van der Waals surface area contributed by atoms with E-state index in [4.69, 9.17) is 0 Å². The maximum absolute atomic E-state index is 2.39. The Hall–Kier alpha value is -13.3. The zero-order valence-corrected chi connectivity index (χ0v) is 55.0. The van der Waals surface area contributed by atoms with Gasteiger partial charge >= 0.3 is 0 Å². The second-order valence-electron chi connectivity index (χ2n) is 25.3. The lowest BCUT2D eigenvalue weighted by molar-refractivity contribution is 1.28. The lowest BCUT2D eigenvalue weighted by atomic mass is 9.98. The lowest BCUT2D eigenvalue weighted by Crippen LogP contribution is -2.10. The Morgan fingerprint density at radius 1 is 0.120 bits per heavy atom. The van der Waals surface area contributed by atoms with Gasteiger partial charge in [-0.05, 0) is 205 Å². The summed E-state index contributed by atoms with van der Waals surface area (Å²) in [4.78, 5) is 9.45. The van der Waals surface area contributed by atoms with Crippen molar-refractivity contribution in [3.05, 3.63) is 413 Å². The molecule has 0 aromatic heterocycles. The average Bonchev–Trinajstić information content (AvgIpc) is 0.799. The van der Waals surface area contributed by atoms with Gasteiger partial charge in [0.05, 0.1) is 17.1 Å². The summed E-state index contributed by atoms with van der Waals surface area (Å²) >= 11 is 0. The third-order valence-corrected chi connectivity index (χ3v) is 19.2. The molecule has 0 spiro atoms. The lowest BCUT2D eigenvalue weighted by Gasteiger charge is -2.27. The molecule has 4 nitrogen and oxygen atoms in total. The maximum Gasteiger partial charge on any atom is 0.0540 e. The van der Waals surface area contributed by atoms with E-state index < -0.39 is 0 Å². The highest BCUT2D eigenvalue weighted by atomic mass is 15.2. The van der Waals surface area contributed by atoms with Crippen LogP contribution in [0.3, 0.4) is 0 Å². The predicted octanol–water partition coefficient (Wildman–Crippen LogP) is 27.4. The van der Waals surface area contributed by atoms with Crippen molar-refractivity contribution in [3.63, 3.8) is 0 Å². The molecule has 0 unspecified atom stereocenters. The number of benzene rings is 17. The highest BCUT2D eigenvalue weighted by molar-refractivity contribution is 6.02. The van der Waals surface area contributed by atoms with E-state index in [2.05, 4.69) is 432 Å². The molecule has 4 heteroatoms. The molecule has 0 saturated carbocycles. The number of hydrogen-bond acceptors (Lipinski definition) is 4. The molecule has 17 rings (SSSR count). The van der Waals surface area contributed by atoms with Crippen LogP contribution in [0.25, 0.3) is 88.0 Å². The van der Waals surface area contributed by atoms with Crippen LogP contribution in [0, 0.1) is 0 Å². The Morgan fingerprint density at radius 2 is 0.310 bits per heavy atom. The molecule has 0 heterocycles. The molecule has 17 aromatic rings. The molecule has 0 saturated heterocycles. The largest absolute Gasteiger partial charge is 0.311 e. The fraction of sp³-hybridized carbons (Fsp3) is 0. The van der Waals surface area contributed by atoms with Crippen molar-refractivity contribution in [1.82, 2.24) is 0 Å². The van der Waals surface area contributed by atoms with E-state index in [0.29, 0.717) is 0 Å². The summed E-state index contributed by atoms with van der Waals surface area (Å²) < 4.78 is 0. The van der Waals surface area contributed by atoms with Crippen molar-refractivity contribution in [3.8, 4) is 55.6 Å². The number of hydrogen-bond donors (Lipinski definition) is 0. The molecule has 0 aliphatic carbocycles. The fourth-order valence-electron chi connectivity index (χ4n) is 14.2. The molecule has 0 amide bonds. The van der Waals surface area contributed by atoms with Crippen LogP contribution >= 0.6 is 0 Å². The van der Waals surface area contributed by atoms with Crippen LogP contribution < -0.4 is 19.6 Å². The molecule has 0 bridgehead atoms. The zero-order chi connectivity index (χ0) is 66.6. The van der Waals surface area contributed by atoms with Crippen LogP contribution in [0.4, 0.5) is 68.2 Å². The zero-order valence-electron chi connectivity index (χ0n) is 55.0. The predicted molar refractivity (Wildman–Crippen MR) is 425 cm³/mol. The SMILES string of the molecule is c1ccc(-c2ccc(N(c3ccc(-c4ccc(N(c5ccccc5)c5cccc6ccccc56)cc4)cc3)c3ccc(-c4cccc(-c5ccc(N(c6ccc(-c7ccc(N(c8ccccc8)c8cccc9ccccc89)cc7)cc6)c6cccc7ccccc67)cc5)c4)cc3)cc2)cc1. The van der Waals surface area contributed by atoms with Gasteiger partial charge in [0.15, 0.2) is 0 Å². The smallest absolute Gasteiger partial charge is 0.0540 e. The van der Waals surface area contributed by atoms with Gasteiger partial charge in [0.1, 0.15) is 0 Å². The molecule has 0 aliphatic rings. The Kier molecular flexibility index (Phi) is 16.4. The fourth-order valence-corrected chi connectivity index (χ4v) is 14.2. The monoisotopic (exact) mass is 1280 g/mol. The van der Waals surface area contributed by atoms with Gasteiger partial charge in [-0.15, -0.1) is 0 Å². The summed E-state index contributed by atoms with van der Waals surface area (Å²) in [6.07, 6.45) is 0. The Balaban J connectivity index is 0.645. The van der Waals surface area contributed by atoms with Crippen LogP contribution in [-0.4, -0.2) is 0 Å². The molecular weight excluding hydrogens is 1210 g/mol. The summed E-state index contributed by atoms with van der Waals surface area (Å²) in [6, 6.07) is 149. The van der Waals surface area contributed by atoms with Crippen LogP contribution in [0.2, 0.25) is 0 Å². The van der Waals surface area contributed by atoms with Crippen molar-refractivity contribution in [2.24, 2.45) is 0 Å². The van der Waals surface area contributed by atoms with Gasteiger partial charge in [-0.3, -0.25) is 0 Å². The summed E-state index contributed by atoms with van der Waals surface area (Å²) in [5.74, 6) is 0. The third-order valence-electron chi connectivity index (χ3n) is 19.2. The van der Waals surface area contributed by atoms with Crippen molar-refractivity contribution < 1.29 is 0 Å². The first-order valence-electron chi connectivity index (χ1n) is 34.2. The van der Waals surface area contributed by atoms with Crippen molar-refractivity contribution >= 4 is 101 Å². The molecule has 0 atom stereocenters. The molecule has 17 aromatic carbocycles. The highest BCUT2D eigenvalue weighted by Crippen LogP contribution is 2.45. The van der Waals surface area contributed by atoms with E-state index in [1.54, 1.807) is 0 Å². The second kappa shape index (κ2) is 27.1. The quantitative estimate of drug-likeness (QED) is 0.0901. The highest BCUT2D eigenvalue weighted by Gasteiger charge is 2.21. The first-order valence-corrected chi connectivity index (χ1v) is 34.2. The summed E-state index contributed by atoms with van der Waals surface area (Å²) in [5, 5.41) is 7.22. The number of anilines is 12. The number of para-hydroxylation sites is 2. The molecule has 0 fully saturated rings. The standard InChI is InChI=1S/C96H68N4/c1-4-20-69(21-5-1)70-40-54-84(55-41-70)97(85-56-42-71(43-57-85)72-44-60-87(61-45-72)98(82-30-6-2-7-31-82)94-37-17-25-77-22-10-13-34-91(77)94)86-58-50-75(51-59-86)80-28-16-29-81(68-80)76-52-66-90(67-53-76)100(96-39-19-27-79-24-12-15-36-93(79)96)89-64-48-74(49-65-89)73-46-62-88(63-47-73)99(83-32-8-3-9-33-83)95-38-18-26-78-23-11-14-35-92(78)95/h1-68H. The van der Waals surface area contributed by atoms with Gasteiger partial charge in [0, 0.05) is 67.3 Å². The molecule has 0 aliphatic heterocycles. The van der Waals surface area contributed by atoms with Gasteiger partial charge in [-0.1, -0.05) is 279 Å². The molecule has 0 N–H and O–H groups in total. The van der Waals surface area contributed by atoms with E-state index in [1.807, 2.05) is 0 Å². The number of rotatable bonds is 17. The Morgan fingerprint density at radius 3 is 0.600 bits per heavy atom. The van der Waals surface area contributed by atoms with E-state index in [1.165, 1.54) is 43.4 Å². The summed E-state index contributed by atoms with van der Waals surface area (Å²) in [5.41, 5.74) is 24.7. The first kappa shape index (κ1) is 60.4. The van der Waals surface area contributed by atoms with Gasteiger partial charge in [-0.25, -0.2) is 0 Å². The molecular formula is C96H68N4. The van der Waals surface area contributed by atoms with Crippen LogP contribution in [0.15, 0.2) is 413 Å². The third kappa shape index (κ3) is 12.1. The molecule has 472 valence electrons. The minimum atomic E-state index is 1.07.